The zero-order valence-electron chi connectivity index (χ0n) is 17.1. The highest BCUT2D eigenvalue weighted by molar-refractivity contribution is 8.00. The highest BCUT2D eigenvalue weighted by Crippen LogP contribution is 2.30. The number of hydrogen-bond donors (Lipinski definition) is 1. The van der Waals surface area contributed by atoms with Gasteiger partial charge in [-0.15, -0.1) is 0 Å². The van der Waals surface area contributed by atoms with E-state index >= 15 is 0 Å². The van der Waals surface area contributed by atoms with Crippen molar-refractivity contribution in [1.82, 2.24) is 14.5 Å². The van der Waals surface area contributed by atoms with Gasteiger partial charge in [-0.2, -0.15) is 0 Å². The van der Waals surface area contributed by atoms with E-state index in [1.54, 1.807) is 17.9 Å². The van der Waals surface area contributed by atoms with E-state index in [2.05, 4.69) is 4.98 Å². The highest BCUT2D eigenvalue weighted by Gasteiger charge is 2.35. The third kappa shape index (κ3) is 4.66. The number of rotatable bonds is 7. The summed E-state index contributed by atoms with van der Waals surface area (Å²) in [5.74, 6) is -0.0149. The first-order chi connectivity index (χ1) is 14.0. The Bertz CT molecular complexity index is 1170. The van der Waals surface area contributed by atoms with Crippen LogP contribution >= 0.6 is 11.8 Å². The molecule has 0 bridgehead atoms. The van der Waals surface area contributed by atoms with Crippen molar-refractivity contribution in [2.24, 2.45) is 5.14 Å². The molecule has 0 radical (unpaired) electrons. The van der Waals surface area contributed by atoms with Gasteiger partial charge in [0.25, 0.3) is 0 Å². The molecule has 0 saturated carbocycles. The number of imidazole rings is 1. The minimum atomic E-state index is -3.84. The predicted molar refractivity (Wildman–Crippen MR) is 117 cm³/mol. The van der Waals surface area contributed by atoms with E-state index in [9.17, 15) is 21.6 Å². The molecule has 1 aromatic heterocycles. The lowest BCUT2D eigenvalue weighted by Gasteiger charge is -2.29. The van der Waals surface area contributed by atoms with Crippen LogP contribution in [0.5, 0.6) is 0 Å². The van der Waals surface area contributed by atoms with E-state index in [0.29, 0.717) is 30.2 Å². The molecule has 0 unspecified atom stereocenters. The fourth-order valence-electron chi connectivity index (χ4n) is 3.72. The number of aromatic nitrogens is 2. The molecule has 2 aromatic rings. The smallest absolute Gasteiger partial charge is 0.238 e. The number of carbonyl (C=O) groups is 1. The molecule has 0 aliphatic carbocycles. The topological polar surface area (TPSA) is 132 Å². The Morgan fingerprint density at radius 2 is 2.10 bits per heavy atom. The number of benzene rings is 1. The van der Waals surface area contributed by atoms with E-state index in [0.717, 1.165) is 5.52 Å². The molecule has 166 valence electrons. The maximum absolute atomic E-state index is 13.1. The molecule has 1 saturated heterocycles. The standard InChI is InChI=1S/C18H26N4O5S3/c1-4-21(13-8-9-29(24,25)11-13)17(23)12(3)28-18-20-15-10-14(30(19,26)27)6-7-16(15)22(18)5-2/h6-7,10,12-13H,4-5,8-9,11H2,1-3H3,(H2,19,26,27)/t12-,13+/m1/s1. The first kappa shape index (κ1) is 23.0. The molecule has 2 N–H and O–H groups in total. The SMILES string of the molecule is CCN(C(=O)[C@@H](C)Sc1nc2cc(S(N)(=O)=O)ccc2n1CC)[C@H]1CCS(=O)(=O)C1. The lowest BCUT2D eigenvalue weighted by Crippen LogP contribution is -2.44. The summed E-state index contributed by atoms with van der Waals surface area (Å²) in [6.45, 7) is 6.58. The first-order valence-corrected chi connectivity index (χ1v) is 13.9. The summed E-state index contributed by atoms with van der Waals surface area (Å²) in [5, 5.41) is 5.33. The number of sulfonamides is 1. The fourth-order valence-corrected chi connectivity index (χ4v) is 7.04. The molecule has 30 heavy (non-hydrogen) atoms. The molecular weight excluding hydrogens is 448 g/mol. The maximum Gasteiger partial charge on any atom is 0.238 e. The Morgan fingerprint density at radius 1 is 1.40 bits per heavy atom. The minimum absolute atomic E-state index is 0.00772. The molecule has 1 aliphatic heterocycles. The molecule has 1 fully saturated rings. The third-order valence-electron chi connectivity index (χ3n) is 5.23. The van der Waals surface area contributed by atoms with Crippen molar-refractivity contribution in [3.8, 4) is 0 Å². The molecule has 1 amide bonds. The van der Waals surface area contributed by atoms with Gasteiger partial charge in [0.15, 0.2) is 15.0 Å². The molecule has 12 heteroatoms. The summed E-state index contributed by atoms with van der Waals surface area (Å²) in [6, 6.07) is 4.23. The average Bonchev–Trinajstić information content (AvgIpc) is 3.19. The van der Waals surface area contributed by atoms with Crippen LogP contribution in [0.4, 0.5) is 0 Å². The third-order valence-corrected chi connectivity index (χ3v) is 8.97. The summed E-state index contributed by atoms with van der Waals surface area (Å²) in [4.78, 5) is 19.2. The van der Waals surface area contributed by atoms with Crippen molar-refractivity contribution in [3.05, 3.63) is 18.2 Å². The van der Waals surface area contributed by atoms with Gasteiger partial charge in [-0.05, 0) is 45.4 Å². The highest BCUT2D eigenvalue weighted by atomic mass is 32.2. The second kappa shape index (κ2) is 8.48. The Balaban J connectivity index is 1.86. The molecule has 0 spiro atoms. The van der Waals surface area contributed by atoms with Gasteiger partial charge in [-0.3, -0.25) is 4.79 Å². The Morgan fingerprint density at radius 3 is 2.63 bits per heavy atom. The number of carbonyl (C=O) groups excluding carboxylic acids is 1. The Labute approximate surface area is 181 Å². The van der Waals surface area contributed by atoms with Crippen LogP contribution in [0.2, 0.25) is 0 Å². The summed E-state index contributed by atoms with van der Waals surface area (Å²) >= 11 is 1.27. The molecule has 2 atom stereocenters. The van der Waals surface area contributed by atoms with Gasteiger partial charge in [0.2, 0.25) is 15.9 Å². The van der Waals surface area contributed by atoms with Crippen LogP contribution in [0.25, 0.3) is 11.0 Å². The van der Waals surface area contributed by atoms with Gasteiger partial charge >= 0.3 is 0 Å². The van der Waals surface area contributed by atoms with E-state index in [-0.39, 0.29) is 28.4 Å². The monoisotopic (exact) mass is 474 g/mol. The minimum Gasteiger partial charge on any atom is -0.338 e. The summed E-state index contributed by atoms with van der Waals surface area (Å²) in [7, 11) is -6.93. The van der Waals surface area contributed by atoms with E-state index in [1.807, 2.05) is 18.4 Å². The lowest BCUT2D eigenvalue weighted by atomic mass is 10.2. The number of primary sulfonamides is 1. The van der Waals surface area contributed by atoms with Crippen molar-refractivity contribution in [1.29, 1.82) is 0 Å². The molecule has 1 aliphatic rings. The number of sulfone groups is 1. The van der Waals surface area contributed by atoms with Gasteiger partial charge in [-0.25, -0.2) is 27.0 Å². The molecule has 9 nitrogen and oxygen atoms in total. The van der Waals surface area contributed by atoms with Crippen LogP contribution < -0.4 is 5.14 Å². The molecule has 1 aromatic carbocycles. The second-order valence-electron chi connectivity index (χ2n) is 7.28. The number of nitrogens with zero attached hydrogens (tertiary/aromatic N) is 3. The van der Waals surface area contributed by atoms with Crippen LogP contribution in [0.15, 0.2) is 28.3 Å². The average molecular weight is 475 g/mol. The van der Waals surface area contributed by atoms with Gasteiger partial charge in [-0.1, -0.05) is 11.8 Å². The summed E-state index contributed by atoms with van der Waals surface area (Å²) in [5.41, 5.74) is 1.24. The van der Waals surface area contributed by atoms with Crippen molar-refractivity contribution < 1.29 is 21.6 Å². The summed E-state index contributed by atoms with van der Waals surface area (Å²) in [6.07, 6.45) is 0.461. The number of amides is 1. The van der Waals surface area contributed by atoms with Gasteiger partial charge in [0.1, 0.15) is 0 Å². The zero-order valence-corrected chi connectivity index (χ0v) is 19.6. The van der Waals surface area contributed by atoms with Crippen LogP contribution in [0, 0.1) is 0 Å². The summed E-state index contributed by atoms with van der Waals surface area (Å²) < 4.78 is 48.8. The fraction of sp³-hybridized carbons (Fsp3) is 0.556. The van der Waals surface area contributed by atoms with Crippen LogP contribution in [0.1, 0.15) is 27.2 Å². The van der Waals surface area contributed by atoms with Gasteiger partial charge < -0.3 is 9.47 Å². The number of nitrogens with two attached hydrogens (primary N) is 1. The van der Waals surface area contributed by atoms with Crippen molar-refractivity contribution >= 4 is 48.6 Å². The lowest BCUT2D eigenvalue weighted by molar-refractivity contribution is -0.131. The van der Waals surface area contributed by atoms with Crippen molar-refractivity contribution in [2.45, 2.75) is 55.1 Å². The predicted octanol–water partition coefficient (Wildman–Crippen LogP) is 1.22. The van der Waals surface area contributed by atoms with Crippen molar-refractivity contribution in [2.75, 3.05) is 18.1 Å². The van der Waals surface area contributed by atoms with Gasteiger partial charge in [0.05, 0.1) is 32.7 Å². The number of hydrogen-bond acceptors (Lipinski definition) is 7. The first-order valence-electron chi connectivity index (χ1n) is 9.67. The number of fused-ring (bicyclic) bond motifs is 1. The van der Waals surface area contributed by atoms with Crippen LogP contribution in [-0.4, -0.2) is 66.5 Å². The van der Waals surface area contributed by atoms with E-state index in [1.165, 1.54) is 23.9 Å². The van der Waals surface area contributed by atoms with E-state index < -0.39 is 25.1 Å². The van der Waals surface area contributed by atoms with E-state index in [4.69, 9.17) is 5.14 Å². The normalized spacial score (nSPS) is 19.8. The molecular formula is C18H26N4O5S3. The maximum atomic E-state index is 13.1. The molecule has 3 rings (SSSR count). The quantitative estimate of drug-likeness (QED) is 0.597. The Hall–Kier alpha value is -1.63. The molecule has 2 heterocycles. The van der Waals surface area contributed by atoms with Gasteiger partial charge in [0, 0.05) is 19.1 Å². The van der Waals surface area contributed by atoms with Crippen LogP contribution in [-0.2, 0) is 31.2 Å². The number of aryl methyl sites for hydroxylation is 1. The second-order valence-corrected chi connectivity index (χ2v) is 12.4. The van der Waals surface area contributed by atoms with Crippen molar-refractivity contribution in [3.63, 3.8) is 0 Å². The number of thioether (sulfide) groups is 1. The zero-order chi connectivity index (χ0) is 22.3. The largest absolute Gasteiger partial charge is 0.338 e. The van der Waals surface area contributed by atoms with Crippen LogP contribution in [0.3, 0.4) is 0 Å². The Kier molecular flexibility index (Phi) is 6.51.